The van der Waals surface area contributed by atoms with Crippen LogP contribution in [0.4, 0.5) is 0 Å². The molecule has 2 aliphatic rings. The van der Waals surface area contributed by atoms with Crippen molar-refractivity contribution < 1.29 is 14.6 Å². The molecule has 3 nitrogen and oxygen atoms in total. The Kier molecular flexibility index (Phi) is 5.22. The molecule has 0 amide bonds. The Labute approximate surface area is 110 Å². The zero-order valence-corrected chi connectivity index (χ0v) is 11.4. The van der Waals surface area contributed by atoms with Crippen LogP contribution in [-0.2, 0) is 9.47 Å². The smallest absolute Gasteiger partial charge is 0.168 e. The van der Waals surface area contributed by atoms with Gasteiger partial charge < -0.3 is 14.6 Å². The summed E-state index contributed by atoms with van der Waals surface area (Å²) in [4.78, 5) is 0. The fourth-order valence-electron chi connectivity index (χ4n) is 2.96. The molecule has 2 unspecified atom stereocenters. The molecule has 0 aromatic carbocycles. The highest BCUT2D eigenvalue weighted by molar-refractivity contribution is 4.97. The zero-order valence-electron chi connectivity index (χ0n) is 11.4. The van der Waals surface area contributed by atoms with Crippen LogP contribution in [0.1, 0.15) is 51.9 Å². The first-order valence-corrected chi connectivity index (χ1v) is 7.38. The minimum Gasteiger partial charge on any atom is -0.389 e. The van der Waals surface area contributed by atoms with Crippen molar-refractivity contribution in [1.29, 1.82) is 0 Å². The minimum absolute atomic E-state index is 0.297. The molecule has 1 aliphatic carbocycles. The van der Waals surface area contributed by atoms with Crippen molar-refractivity contribution >= 4 is 0 Å². The Morgan fingerprint density at radius 1 is 1.33 bits per heavy atom. The van der Waals surface area contributed by atoms with Crippen molar-refractivity contribution in [3.63, 3.8) is 0 Å². The van der Waals surface area contributed by atoms with E-state index in [4.69, 9.17) is 9.47 Å². The van der Waals surface area contributed by atoms with E-state index in [1.807, 2.05) is 6.08 Å². The van der Waals surface area contributed by atoms with Gasteiger partial charge in [0.05, 0.1) is 19.3 Å². The van der Waals surface area contributed by atoms with Crippen molar-refractivity contribution in [2.24, 2.45) is 5.92 Å². The summed E-state index contributed by atoms with van der Waals surface area (Å²) < 4.78 is 11.4. The first-order valence-electron chi connectivity index (χ1n) is 7.38. The largest absolute Gasteiger partial charge is 0.389 e. The summed E-state index contributed by atoms with van der Waals surface area (Å²) in [5, 5.41) is 10.2. The third kappa shape index (κ3) is 3.56. The van der Waals surface area contributed by atoms with Gasteiger partial charge in [0.2, 0.25) is 0 Å². The maximum atomic E-state index is 10.2. The second-order valence-electron chi connectivity index (χ2n) is 5.53. The van der Waals surface area contributed by atoms with Crippen molar-refractivity contribution in [3.8, 4) is 0 Å². The molecule has 1 saturated heterocycles. The third-order valence-electron chi connectivity index (χ3n) is 4.07. The summed E-state index contributed by atoms with van der Waals surface area (Å²) in [6.45, 7) is 3.61. The fourth-order valence-corrected chi connectivity index (χ4v) is 2.96. The molecule has 3 heteroatoms. The third-order valence-corrected chi connectivity index (χ3v) is 4.07. The lowest BCUT2D eigenvalue weighted by molar-refractivity contribution is -0.154. The van der Waals surface area contributed by atoms with E-state index in [1.165, 1.54) is 19.3 Å². The highest BCUT2D eigenvalue weighted by Crippen LogP contribution is 2.42. The molecule has 2 atom stereocenters. The number of unbranched alkanes of at least 4 members (excludes halogenated alkanes) is 3. The average molecular weight is 254 g/mol. The lowest BCUT2D eigenvalue weighted by Crippen LogP contribution is -2.27. The maximum Gasteiger partial charge on any atom is 0.168 e. The second kappa shape index (κ2) is 6.69. The molecule has 104 valence electrons. The summed E-state index contributed by atoms with van der Waals surface area (Å²) in [6.07, 6.45) is 11.3. The van der Waals surface area contributed by atoms with Gasteiger partial charge in [-0.25, -0.2) is 0 Å². The number of hydrogen-bond donors (Lipinski definition) is 1. The van der Waals surface area contributed by atoms with E-state index in [0.717, 1.165) is 25.7 Å². The van der Waals surface area contributed by atoms with Gasteiger partial charge >= 0.3 is 0 Å². The molecule has 1 heterocycles. The molecule has 0 radical (unpaired) electrons. The van der Waals surface area contributed by atoms with E-state index in [-0.39, 0.29) is 11.9 Å². The van der Waals surface area contributed by atoms with E-state index in [2.05, 4.69) is 13.0 Å². The van der Waals surface area contributed by atoms with Gasteiger partial charge in [-0.05, 0) is 25.2 Å². The highest BCUT2D eigenvalue weighted by Gasteiger charge is 2.45. The number of ether oxygens (including phenoxy) is 2. The van der Waals surface area contributed by atoms with Gasteiger partial charge in [0.25, 0.3) is 0 Å². The average Bonchev–Trinajstić information content (AvgIpc) is 3.00. The van der Waals surface area contributed by atoms with Crippen LogP contribution in [0.25, 0.3) is 0 Å². The Morgan fingerprint density at radius 3 is 2.83 bits per heavy atom. The van der Waals surface area contributed by atoms with Gasteiger partial charge in [-0.2, -0.15) is 0 Å². The van der Waals surface area contributed by atoms with Crippen LogP contribution < -0.4 is 0 Å². The molecular formula is C15H26O3. The molecular weight excluding hydrogens is 228 g/mol. The Bertz CT molecular complexity index is 269. The van der Waals surface area contributed by atoms with Crippen LogP contribution in [-0.4, -0.2) is 30.2 Å². The first kappa shape index (κ1) is 14.0. The standard InChI is InChI=1S/C15H26O3/c1-2-3-4-5-6-7-14(16)13-8-9-15(12-13)17-10-11-18-15/h6-7,13-14,16H,2-5,8-12H2,1H3/b7-6+. The molecule has 2 rings (SSSR count). The van der Waals surface area contributed by atoms with E-state index in [9.17, 15) is 5.11 Å². The van der Waals surface area contributed by atoms with Crippen molar-refractivity contribution in [2.45, 2.75) is 63.8 Å². The molecule has 2 fully saturated rings. The van der Waals surface area contributed by atoms with E-state index < -0.39 is 0 Å². The molecule has 0 aromatic rings. The summed E-state index contributed by atoms with van der Waals surface area (Å²) in [5.41, 5.74) is 0. The second-order valence-corrected chi connectivity index (χ2v) is 5.53. The molecule has 0 aromatic heterocycles. The molecule has 0 bridgehead atoms. The van der Waals surface area contributed by atoms with Gasteiger partial charge in [-0.1, -0.05) is 31.9 Å². The van der Waals surface area contributed by atoms with Crippen LogP contribution in [0.15, 0.2) is 12.2 Å². The topological polar surface area (TPSA) is 38.7 Å². The molecule has 1 N–H and O–H groups in total. The summed E-state index contributed by atoms with van der Waals surface area (Å²) in [6, 6.07) is 0. The first-order chi connectivity index (χ1) is 8.76. The van der Waals surface area contributed by atoms with E-state index in [0.29, 0.717) is 19.1 Å². The summed E-state index contributed by atoms with van der Waals surface area (Å²) in [7, 11) is 0. The quantitative estimate of drug-likeness (QED) is 0.585. The monoisotopic (exact) mass is 254 g/mol. The molecule has 1 aliphatic heterocycles. The van der Waals surface area contributed by atoms with Gasteiger partial charge in [0.15, 0.2) is 5.79 Å². The normalized spacial score (nSPS) is 28.4. The number of aliphatic hydroxyl groups excluding tert-OH is 1. The van der Waals surface area contributed by atoms with Gasteiger partial charge in [-0.3, -0.25) is 0 Å². The summed E-state index contributed by atoms with van der Waals surface area (Å²) in [5.74, 6) is -0.0626. The number of allylic oxidation sites excluding steroid dienone is 1. The van der Waals surface area contributed by atoms with Gasteiger partial charge in [0.1, 0.15) is 0 Å². The van der Waals surface area contributed by atoms with E-state index in [1.54, 1.807) is 0 Å². The number of hydrogen-bond acceptors (Lipinski definition) is 3. The van der Waals surface area contributed by atoms with E-state index >= 15 is 0 Å². The molecule has 1 spiro atoms. The molecule has 18 heavy (non-hydrogen) atoms. The van der Waals surface area contributed by atoms with Crippen LogP contribution >= 0.6 is 0 Å². The number of aliphatic hydroxyl groups is 1. The van der Waals surface area contributed by atoms with Gasteiger partial charge in [-0.15, -0.1) is 0 Å². The lowest BCUT2D eigenvalue weighted by atomic mass is 9.99. The lowest BCUT2D eigenvalue weighted by Gasteiger charge is -2.22. The molecule has 1 saturated carbocycles. The fraction of sp³-hybridized carbons (Fsp3) is 0.867. The van der Waals surface area contributed by atoms with Crippen molar-refractivity contribution in [1.82, 2.24) is 0 Å². The Morgan fingerprint density at radius 2 is 2.11 bits per heavy atom. The van der Waals surface area contributed by atoms with Crippen molar-refractivity contribution in [2.75, 3.05) is 13.2 Å². The number of rotatable bonds is 6. The SMILES string of the molecule is CCCCC/C=C/C(O)C1CCC2(C1)OCCO2. The maximum absolute atomic E-state index is 10.2. The van der Waals surface area contributed by atoms with Crippen molar-refractivity contribution in [3.05, 3.63) is 12.2 Å². The van der Waals surface area contributed by atoms with Crippen LogP contribution in [0.3, 0.4) is 0 Å². The Balaban J connectivity index is 1.71. The van der Waals surface area contributed by atoms with Crippen LogP contribution in [0, 0.1) is 5.92 Å². The predicted octanol–water partition coefficient (Wildman–Crippen LogP) is 3.03. The Hall–Kier alpha value is -0.380. The van der Waals surface area contributed by atoms with Gasteiger partial charge in [0, 0.05) is 12.8 Å². The van der Waals surface area contributed by atoms with Crippen LogP contribution in [0.5, 0.6) is 0 Å². The van der Waals surface area contributed by atoms with Crippen LogP contribution in [0.2, 0.25) is 0 Å². The predicted molar refractivity (Wildman–Crippen MR) is 71.3 cm³/mol. The zero-order chi connectivity index (χ0) is 12.8. The minimum atomic E-state index is -0.359. The highest BCUT2D eigenvalue weighted by atomic mass is 16.7. The summed E-state index contributed by atoms with van der Waals surface area (Å²) >= 11 is 0.